The van der Waals surface area contributed by atoms with E-state index in [-0.39, 0.29) is 5.57 Å². The molecule has 0 atom stereocenters. The van der Waals surface area contributed by atoms with Gasteiger partial charge < -0.3 is 14.6 Å². The SMILES string of the molecule is CCOc1ccc(/C=C(\C(=O)O)c2ccccc2)cc1OCC. The van der Waals surface area contributed by atoms with Crippen LogP contribution in [0, 0.1) is 0 Å². The first-order valence-corrected chi connectivity index (χ1v) is 7.55. The first kappa shape index (κ1) is 16.6. The van der Waals surface area contributed by atoms with Crippen molar-refractivity contribution < 1.29 is 19.4 Å². The zero-order valence-corrected chi connectivity index (χ0v) is 13.3. The van der Waals surface area contributed by atoms with Crippen molar-refractivity contribution in [2.75, 3.05) is 13.2 Å². The first-order chi connectivity index (χ1) is 11.2. The van der Waals surface area contributed by atoms with Crippen molar-refractivity contribution in [3.8, 4) is 11.5 Å². The van der Waals surface area contributed by atoms with E-state index in [2.05, 4.69) is 0 Å². The van der Waals surface area contributed by atoms with Gasteiger partial charge in [0.05, 0.1) is 18.8 Å². The summed E-state index contributed by atoms with van der Waals surface area (Å²) in [5.74, 6) is 0.298. The van der Waals surface area contributed by atoms with Crippen LogP contribution in [0.1, 0.15) is 25.0 Å². The molecule has 0 aromatic heterocycles. The summed E-state index contributed by atoms with van der Waals surface area (Å²) in [6.07, 6.45) is 1.63. The molecular formula is C19H20O4. The Morgan fingerprint density at radius 1 is 1.00 bits per heavy atom. The zero-order chi connectivity index (χ0) is 16.7. The summed E-state index contributed by atoms with van der Waals surface area (Å²) in [4.78, 5) is 11.6. The fraction of sp³-hybridized carbons (Fsp3) is 0.211. The van der Waals surface area contributed by atoms with Crippen molar-refractivity contribution in [1.82, 2.24) is 0 Å². The maximum Gasteiger partial charge on any atom is 0.336 e. The molecule has 0 radical (unpaired) electrons. The molecule has 23 heavy (non-hydrogen) atoms. The standard InChI is InChI=1S/C19H20O4/c1-3-22-17-11-10-14(13-18(17)23-4-2)12-16(19(20)21)15-8-6-5-7-9-15/h5-13H,3-4H2,1-2H3,(H,20,21)/b16-12-. The summed E-state index contributed by atoms with van der Waals surface area (Å²) in [5, 5.41) is 9.48. The second kappa shape index (κ2) is 8.03. The van der Waals surface area contributed by atoms with Crippen LogP contribution >= 0.6 is 0 Å². The average Bonchev–Trinajstić information content (AvgIpc) is 2.56. The second-order valence-corrected chi connectivity index (χ2v) is 4.80. The lowest BCUT2D eigenvalue weighted by molar-refractivity contribution is -0.130. The molecule has 0 aliphatic heterocycles. The maximum atomic E-state index is 11.6. The van der Waals surface area contributed by atoms with Gasteiger partial charge in [0, 0.05) is 0 Å². The van der Waals surface area contributed by atoms with Crippen LogP contribution < -0.4 is 9.47 Å². The molecule has 0 spiro atoms. The highest BCUT2D eigenvalue weighted by molar-refractivity contribution is 6.20. The van der Waals surface area contributed by atoms with E-state index in [1.165, 1.54) is 0 Å². The van der Waals surface area contributed by atoms with Crippen LogP contribution in [0.2, 0.25) is 0 Å². The van der Waals surface area contributed by atoms with Gasteiger partial charge in [-0.05, 0) is 43.2 Å². The molecule has 0 saturated heterocycles. The van der Waals surface area contributed by atoms with Crippen LogP contribution in [0.5, 0.6) is 11.5 Å². The Labute approximate surface area is 136 Å². The number of carboxylic acids is 1. The molecule has 2 aromatic carbocycles. The molecule has 2 rings (SSSR count). The Kier molecular flexibility index (Phi) is 5.80. The number of hydrogen-bond acceptors (Lipinski definition) is 3. The van der Waals surface area contributed by atoms with Crippen LogP contribution in [0.4, 0.5) is 0 Å². The molecule has 2 aromatic rings. The number of carboxylic acid groups (broad SMARTS) is 1. The summed E-state index contributed by atoms with van der Waals surface area (Å²) in [6, 6.07) is 14.4. The van der Waals surface area contributed by atoms with Crippen LogP contribution in [0.25, 0.3) is 11.6 Å². The first-order valence-electron chi connectivity index (χ1n) is 7.55. The number of benzene rings is 2. The highest BCUT2D eigenvalue weighted by Gasteiger charge is 2.11. The van der Waals surface area contributed by atoms with Gasteiger partial charge in [-0.2, -0.15) is 0 Å². The Hall–Kier alpha value is -2.75. The minimum Gasteiger partial charge on any atom is -0.490 e. The molecule has 0 fully saturated rings. The van der Waals surface area contributed by atoms with Crippen molar-refractivity contribution in [1.29, 1.82) is 0 Å². The fourth-order valence-corrected chi connectivity index (χ4v) is 2.21. The van der Waals surface area contributed by atoms with Crippen molar-refractivity contribution in [2.24, 2.45) is 0 Å². The van der Waals surface area contributed by atoms with Gasteiger partial charge in [-0.15, -0.1) is 0 Å². The third-order valence-corrected chi connectivity index (χ3v) is 3.19. The monoisotopic (exact) mass is 312 g/mol. The quantitative estimate of drug-likeness (QED) is 0.617. The molecule has 0 heterocycles. The number of ether oxygens (including phenoxy) is 2. The largest absolute Gasteiger partial charge is 0.490 e. The molecule has 0 amide bonds. The molecule has 0 aliphatic rings. The molecule has 0 saturated carbocycles. The topological polar surface area (TPSA) is 55.8 Å². The maximum absolute atomic E-state index is 11.6. The molecular weight excluding hydrogens is 292 g/mol. The van der Waals surface area contributed by atoms with Crippen LogP contribution in [0.3, 0.4) is 0 Å². The van der Waals surface area contributed by atoms with E-state index < -0.39 is 5.97 Å². The van der Waals surface area contributed by atoms with E-state index in [1.54, 1.807) is 30.3 Å². The van der Waals surface area contributed by atoms with Gasteiger partial charge in [0.1, 0.15) is 0 Å². The van der Waals surface area contributed by atoms with Gasteiger partial charge in [0.15, 0.2) is 11.5 Å². The number of carbonyl (C=O) groups is 1. The molecule has 0 unspecified atom stereocenters. The van der Waals surface area contributed by atoms with Crippen LogP contribution in [0.15, 0.2) is 48.5 Å². The van der Waals surface area contributed by atoms with E-state index >= 15 is 0 Å². The van der Waals surface area contributed by atoms with Crippen molar-refractivity contribution in [3.05, 3.63) is 59.7 Å². The smallest absolute Gasteiger partial charge is 0.336 e. The average molecular weight is 312 g/mol. The lowest BCUT2D eigenvalue weighted by Crippen LogP contribution is -2.00. The number of aliphatic carboxylic acids is 1. The number of hydrogen-bond donors (Lipinski definition) is 1. The van der Waals surface area contributed by atoms with Gasteiger partial charge in [0.25, 0.3) is 0 Å². The molecule has 4 nitrogen and oxygen atoms in total. The summed E-state index contributed by atoms with van der Waals surface area (Å²) >= 11 is 0. The van der Waals surface area contributed by atoms with E-state index in [4.69, 9.17) is 9.47 Å². The second-order valence-electron chi connectivity index (χ2n) is 4.80. The zero-order valence-electron chi connectivity index (χ0n) is 13.3. The van der Waals surface area contributed by atoms with Gasteiger partial charge >= 0.3 is 5.97 Å². The molecule has 0 aliphatic carbocycles. The van der Waals surface area contributed by atoms with Gasteiger partial charge in [-0.3, -0.25) is 0 Å². The number of rotatable bonds is 7. The third-order valence-electron chi connectivity index (χ3n) is 3.19. The Morgan fingerprint density at radius 2 is 1.65 bits per heavy atom. The molecule has 120 valence electrons. The van der Waals surface area contributed by atoms with E-state index in [0.717, 1.165) is 5.56 Å². The lowest BCUT2D eigenvalue weighted by Gasteiger charge is -2.11. The lowest BCUT2D eigenvalue weighted by atomic mass is 10.0. The minimum absolute atomic E-state index is 0.234. The Morgan fingerprint density at radius 3 is 2.26 bits per heavy atom. The van der Waals surface area contributed by atoms with Crippen LogP contribution in [-0.2, 0) is 4.79 Å². The molecule has 0 bridgehead atoms. The van der Waals surface area contributed by atoms with Crippen molar-refractivity contribution >= 4 is 17.6 Å². The summed E-state index contributed by atoms with van der Waals surface area (Å²) in [6.45, 7) is 4.85. The predicted octanol–water partition coefficient (Wildman–Crippen LogP) is 4.11. The molecule has 1 N–H and O–H groups in total. The summed E-state index contributed by atoms with van der Waals surface area (Å²) in [7, 11) is 0. The summed E-state index contributed by atoms with van der Waals surface area (Å²) in [5.41, 5.74) is 1.64. The van der Waals surface area contributed by atoms with Gasteiger partial charge in [-0.25, -0.2) is 4.79 Å². The minimum atomic E-state index is -0.969. The van der Waals surface area contributed by atoms with E-state index in [0.29, 0.717) is 30.3 Å². The van der Waals surface area contributed by atoms with Crippen molar-refractivity contribution in [3.63, 3.8) is 0 Å². The Balaban J connectivity index is 2.43. The van der Waals surface area contributed by atoms with Crippen LogP contribution in [-0.4, -0.2) is 24.3 Å². The fourth-order valence-electron chi connectivity index (χ4n) is 2.21. The highest BCUT2D eigenvalue weighted by atomic mass is 16.5. The normalized spacial score (nSPS) is 11.1. The predicted molar refractivity (Wildman–Crippen MR) is 90.7 cm³/mol. The Bertz CT molecular complexity index is 690. The van der Waals surface area contributed by atoms with Gasteiger partial charge in [-0.1, -0.05) is 36.4 Å². The van der Waals surface area contributed by atoms with Gasteiger partial charge in [0.2, 0.25) is 0 Å². The molecule has 4 heteroatoms. The summed E-state index contributed by atoms with van der Waals surface area (Å²) < 4.78 is 11.1. The highest BCUT2D eigenvalue weighted by Crippen LogP contribution is 2.30. The van der Waals surface area contributed by atoms with E-state index in [1.807, 2.05) is 38.1 Å². The third kappa shape index (κ3) is 4.36. The van der Waals surface area contributed by atoms with E-state index in [9.17, 15) is 9.90 Å². The van der Waals surface area contributed by atoms with Crippen molar-refractivity contribution in [2.45, 2.75) is 13.8 Å².